The Morgan fingerprint density at radius 3 is 2.81 bits per heavy atom. The van der Waals surface area contributed by atoms with Crippen LogP contribution in [0, 0.1) is 12.7 Å². The first-order valence-electron chi connectivity index (χ1n) is 8.28. The number of carbonyl (C=O) groups excluding carboxylic acids is 1. The summed E-state index contributed by atoms with van der Waals surface area (Å²) in [7, 11) is 0. The summed E-state index contributed by atoms with van der Waals surface area (Å²) in [5.41, 5.74) is 2.28. The fourth-order valence-corrected chi connectivity index (χ4v) is 3.48. The second-order valence-electron chi connectivity index (χ2n) is 6.42. The Bertz CT molecular complexity index is 1040. The Balaban J connectivity index is 1.58. The van der Waals surface area contributed by atoms with Gasteiger partial charge in [0, 0.05) is 29.2 Å². The molecule has 0 spiro atoms. The molecule has 1 atom stereocenters. The van der Waals surface area contributed by atoms with Crippen LogP contribution in [0.3, 0.4) is 0 Å². The highest BCUT2D eigenvalue weighted by Crippen LogP contribution is 2.34. The van der Waals surface area contributed by atoms with Crippen molar-refractivity contribution in [3.63, 3.8) is 0 Å². The second-order valence-corrected chi connectivity index (χ2v) is 7.26. The average molecular weight is 406 g/mol. The molecule has 1 fully saturated rings. The standard InChI is InChI=1S/C19H14Cl2FN3O2/c1-10-2-4-13(20)8-16(10)25-9-12(7-17(25)26)19-23-18(24-27-19)11-3-5-15(22)14(21)6-11/h2-6,8,12H,7,9H2,1H3. The van der Waals surface area contributed by atoms with Gasteiger partial charge in [-0.15, -0.1) is 0 Å². The predicted octanol–water partition coefficient (Wildman–Crippen LogP) is 5.01. The van der Waals surface area contributed by atoms with Gasteiger partial charge >= 0.3 is 0 Å². The lowest BCUT2D eigenvalue weighted by Gasteiger charge is -2.18. The number of benzene rings is 2. The third kappa shape index (κ3) is 3.42. The van der Waals surface area contributed by atoms with Crippen LogP contribution in [0.2, 0.25) is 10.0 Å². The zero-order valence-corrected chi connectivity index (χ0v) is 15.8. The van der Waals surface area contributed by atoms with Crippen LogP contribution in [-0.4, -0.2) is 22.6 Å². The number of nitrogens with zero attached hydrogens (tertiary/aromatic N) is 3. The average Bonchev–Trinajstić information content (AvgIpc) is 3.26. The molecule has 5 nitrogen and oxygen atoms in total. The second kappa shape index (κ2) is 6.94. The van der Waals surface area contributed by atoms with Crippen molar-refractivity contribution in [2.24, 2.45) is 0 Å². The molecule has 8 heteroatoms. The molecule has 1 saturated heterocycles. The lowest BCUT2D eigenvalue weighted by molar-refractivity contribution is -0.117. The van der Waals surface area contributed by atoms with Crippen molar-refractivity contribution in [2.45, 2.75) is 19.3 Å². The maximum atomic E-state index is 13.3. The lowest BCUT2D eigenvalue weighted by atomic mass is 10.1. The predicted molar refractivity (Wildman–Crippen MR) is 101 cm³/mol. The van der Waals surface area contributed by atoms with Gasteiger partial charge in [-0.3, -0.25) is 4.79 Å². The lowest BCUT2D eigenvalue weighted by Crippen LogP contribution is -2.25. The van der Waals surface area contributed by atoms with E-state index in [1.165, 1.54) is 18.2 Å². The fourth-order valence-electron chi connectivity index (χ4n) is 3.13. The topological polar surface area (TPSA) is 59.2 Å². The van der Waals surface area contributed by atoms with Gasteiger partial charge in [-0.1, -0.05) is 34.4 Å². The number of hydrogen-bond donors (Lipinski definition) is 0. The first kappa shape index (κ1) is 17.9. The third-order valence-electron chi connectivity index (χ3n) is 4.56. The zero-order valence-electron chi connectivity index (χ0n) is 14.2. The molecule has 0 aliphatic carbocycles. The Labute approximate surface area is 164 Å². The van der Waals surface area contributed by atoms with E-state index in [4.69, 9.17) is 27.7 Å². The molecule has 1 aliphatic heterocycles. The first-order chi connectivity index (χ1) is 12.9. The number of amides is 1. The summed E-state index contributed by atoms with van der Waals surface area (Å²) in [6.07, 6.45) is 0.262. The van der Waals surface area contributed by atoms with Gasteiger partial charge in [0.15, 0.2) is 0 Å². The molecule has 0 N–H and O–H groups in total. The summed E-state index contributed by atoms with van der Waals surface area (Å²) in [6, 6.07) is 9.65. The van der Waals surface area contributed by atoms with Gasteiger partial charge in [-0.25, -0.2) is 4.39 Å². The van der Waals surface area contributed by atoms with Crippen molar-refractivity contribution >= 4 is 34.8 Å². The van der Waals surface area contributed by atoms with Crippen LogP contribution in [0.4, 0.5) is 10.1 Å². The van der Waals surface area contributed by atoms with Gasteiger partial charge in [-0.05, 0) is 42.8 Å². The quantitative estimate of drug-likeness (QED) is 0.614. The van der Waals surface area contributed by atoms with Crippen LogP contribution in [0.15, 0.2) is 40.9 Å². The molecule has 2 heterocycles. The molecule has 0 radical (unpaired) electrons. The van der Waals surface area contributed by atoms with E-state index in [0.29, 0.717) is 28.8 Å². The van der Waals surface area contributed by atoms with E-state index >= 15 is 0 Å². The molecule has 0 saturated carbocycles. The molecule has 0 bridgehead atoms. The number of aryl methyl sites for hydroxylation is 1. The number of halogens is 3. The molecule has 3 aromatic rings. The van der Waals surface area contributed by atoms with E-state index in [9.17, 15) is 9.18 Å². The van der Waals surface area contributed by atoms with E-state index in [1.54, 1.807) is 17.0 Å². The highest BCUT2D eigenvalue weighted by molar-refractivity contribution is 6.31. The molecule has 27 heavy (non-hydrogen) atoms. The van der Waals surface area contributed by atoms with Gasteiger partial charge in [0.1, 0.15) is 5.82 Å². The highest BCUT2D eigenvalue weighted by Gasteiger charge is 2.35. The molecular weight excluding hydrogens is 392 g/mol. The van der Waals surface area contributed by atoms with E-state index in [1.807, 2.05) is 13.0 Å². The number of rotatable bonds is 3. The van der Waals surface area contributed by atoms with Gasteiger partial charge in [0.2, 0.25) is 17.6 Å². The molecule has 2 aromatic carbocycles. The number of hydrogen-bond acceptors (Lipinski definition) is 4. The molecule has 1 amide bonds. The van der Waals surface area contributed by atoms with Gasteiger partial charge < -0.3 is 9.42 Å². The van der Waals surface area contributed by atoms with Crippen LogP contribution in [0.1, 0.15) is 23.8 Å². The van der Waals surface area contributed by atoms with E-state index in [-0.39, 0.29) is 23.3 Å². The van der Waals surface area contributed by atoms with Crippen LogP contribution in [0.25, 0.3) is 11.4 Å². The van der Waals surface area contributed by atoms with Crippen molar-refractivity contribution in [1.82, 2.24) is 10.1 Å². The molecular formula is C19H14Cl2FN3O2. The molecule has 1 aromatic heterocycles. The Kier molecular flexibility index (Phi) is 4.61. The van der Waals surface area contributed by atoms with Crippen molar-refractivity contribution in [3.8, 4) is 11.4 Å². The summed E-state index contributed by atoms with van der Waals surface area (Å²) < 4.78 is 18.7. The van der Waals surface area contributed by atoms with Gasteiger partial charge in [-0.2, -0.15) is 4.98 Å². The number of aromatic nitrogens is 2. The van der Waals surface area contributed by atoms with E-state index in [2.05, 4.69) is 10.1 Å². The van der Waals surface area contributed by atoms with Crippen molar-refractivity contribution < 1.29 is 13.7 Å². The van der Waals surface area contributed by atoms with E-state index < -0.39 is 5.82 Å². The summed E-state index contributed by atoms with van der Waals surface area (Å²) in [5.74, 6) is -0.112. The Morgan fingerprint density at radius 2 is 2.04 bits per heavy atom. The fraction of sp³-hybridized carbons (Fsp3) is 0.211. The monoisotopic (exact) mass is 405 g/mol. The van der Waals surface area contributed by atoms with Crippen molar-refractivity contribution in [2.75, 3.05) is 11.4 Å². The third-order valence-corrected chi connectivity index (χ3v) is 5.08. The molecule has 1 unspecified atom stereocenters. The summed E-state index contributed by atoms with van der Waals surface area (Å²) >= 11 is 11.9. The zero-order chi connectivity index (χ0) is 19.1. The Hall–Kier alpha value is -2.44. The summed E-state index contributed by atoms with van der Waals surface area (Å²) in [6.45, 7) is 2.35. The smallest absolute Gasteiger partial charge is 0.232 e. The summed E-state index contributed by atoms with van der Waals surface area (Å²) in [4.78, 5) is 18.6. The molecule has 138 valence electrons. The molecule has 1 aliphatic rings. The minimum atomic E-state index is -0.516. The van der Waals surface area contributed by atoms with Crippen LogP contribution in [0.5, 0.6) is 0 Å². The maximum absolute atomic E-state index is 13.3. The SMILES string of the molecule is Cc1ccc(Cl)cc1N1CC(c2nc(-c3ccc(F)c(Cl)c3)no2)CC1=O. The normalized spacial score (nSPS) is 17.0. The molecule has 4 rings (SSSR count). The van der Waals surface area contributed by atoms with Crippen molar-refractivity contribution in [3.05, 3.63) is 63.7 Å². The minimum absolute atomic E-state index is 0.0162. The van der Waals surface area contributed by atoms with Gasteiger partial charge in [0.05, 0.1) is 10.9 Å². The highest BCUT2D eigenvalue weighted by atomic mass is 35.5. The van der Waals surface area contributed by atoms with E-state index in [0.717, 1.165) is 11.3 Å². The first-order valence-corrected chi connectivity index (χ1v) is 9.03. The summed E-state index contributed by atoms with van der Waals surface area (Å²) in [5, 5.41) is 4.49. The van der Waals surface area contributed by atoms with Crippen LogP contribution >= 0.6 is 23.2 Å². The largest absolute Gasteiger partial charge is 0.339 e. The minimum Gasteiger partial charge on any atom is -0.339 e. The Morgan fingerprint density at radius 1 is 1.22 bits per heavy atom. The van der Waals surface area contributed by atoms with Gasteiger partial charge in [0.25, 0.3) is 0 Å². The van der Waals surface area contributed by atoms with Crippen molar-refractivity contribution in [1.29, 1.82) is 0 Å². The maximum Gasteiger partial charge on any atom is 0.232 e. The van der Waals surface area contributed by atoms with Crippen LogP contribution < -0.4 is 4.90 Å². The number of anilines is 1. The number of carbonyl (C=O) groups is 1. The van der Waals surface area contributed by atoms with Crippen LogP contribution in [-0.2, 0) is 4.79 Å².